The molecule has 1 nitrogen and oxygen atoms in total. The Morgan fingerprint density at radius 2 is 0.762 bits per heavy atom. The summed E-state index contributed by atoms with van der Waals surface area (Å²) in [4.78, 5) is 2.52. The molecule has 12 rings (SSSR count). The molecule has 2 heterocycles. The molecule has 0 aliphatic heterocycles. The van der Waals surface area contributed by atoms with Gasteiger partial charge in [-0.3, -0.25) is 0 Å². The molecule has 0 aliphatic carbocycles. The van der Waals surface area contributed by atoms with Crippen LogP contribution in [0.15, 0.2) is 237 Å². The Bertz CT molecular complexity index is 3540. The second kappa shape index (κ2) is 15.7. The predicted octanol–water partition coefficient (Wildman–Crippen LogP) is 18.2. The average Bonchev–Trinajstić information content (AvgIpc) is 3.93. The van der Waals surface area contributed by atoms with Crippen molar-refractivity contribution < 1.29 is 0 Å². The molecule has 0 saturated carbocycles. The lowest BCUT2D eigenvalue weighted by molar-refractivity contribution is 1.31. The largest absolute Gasteiger partial charge is 0.310 e. The minimum atomic E-state index is 1.11. The number of nitrogens with zero attached hydrogens (tertiary/aromatic N) is 1. The van der Waals surface area contributed by atoms with Crippen LogP contribution in [0.5, 0.6) is 0 Å². The number of benzene rings is 10. The van der Waals surface area contributed by atoms with E-state index in [2.05, 4.69) is 241 Å². The molecule has 0 bridgehead atoms. The molecule has 296 valence electrons. The zero-order valence-corrected chi connectivity index (χ0v) is 35.9. The molecule has 0 spiro atoms. The van der Waals surface area contributed by atoms with Gasteiger partial charge < -0.3 is 4.90 Å². The van der Waals surface area contributed by atoms with E-state index in [0.29, 0.717) is 0 Å². The Balaban J connectivity index is 1.14. The van der Waals surface area contributed by atoms with Crippen LogP contribution in [0.1, 0.15) is 0 Å². The topological polar surface area (TPSA) is 3.24 Å². The van der Waals surface area contributed by atoms with Gasteiger partial charge in [-0.05, 0) is 110 Å². The van der Waals surface area contributed by atoms with Crippen LogP contribution in [-0.2, 0) is 0 Å². The van der Waals surface area contributed by atoms with Crippen molar-refractivity contribution >= 4 is 80.1 Å². The minimum Gasteiger partial charge on any atom is -0.310 e. The number of hydrogen-bond donors (Lipinski definition) is 0. The highest BCUT2D eigenvalue weighted by Gasteiger charge is 2.23. The maximum absolute atomic E-state index is 2.52. The van der Waals surface area contributed by atoms with Gasteiger partial charge in [0.15, 0.2) is 0 Å². The van der Waals surface area contributed by atoms with Crippen molar-refractivity contribution in [3.8, 4) is 55.6 Å². The molecule has 12 aromatic rings. The number of rotatable bonds is 8. The lowest BCUT2D eigenvalue weighted by Gasteiger charge is -2.28. The summed E-state index contributed by atoms with van der Waals surface area (Å²) in [7, 11) is 0. The fourth-order valence-electron chi connectivity index (χ4n) is 9.18. The first kappa shape index (κ1) is 37.2. The molecular formula is C60H39NS2. The summed E-state index contributed by atoms with van der Waals surface area (Å²) in [6, 6.07) is 86.7. The van der Waals surface area contributed by atoms with E-state index < -0.39 is 0 Å². The van der Waals surface area contributed by atoms with Crippen LogP contribution in [0.25, 0.3) is 96.0 Å². The molecule has 0 amide bonds. The third-order valence-electron chi connectivity index (χ3n) is 12.2. The highest BCUT2D eigenvalue weighted by molar-refractivity contribution is 7.26. The Kier molecular flexibility index (Phi) is 9.29. The Morgan fingerprint density at radius 3 is 1.32 bits per heavy atom. The number of hydrogen-bond acceptors (Lipinski definition) is 3. The zero-order chi connectivity index (χ0) is 41.7. The molecule has 0 saturated heterocycles. The van der Waals surface area contributed by atoms with E-state index in [1.54, 1.807) is 0 Å². The van der Waals surface area contributed by atoms with Gasteiger partial charge in [0.1, 0.15) is 0 Å². The summed E-state index contributed by atoms with van der Waals surface area (Å²) in [5.41, 5.74) is 15.5. The van der Waals surface area contributed by atoms with Crippen molar-refractivity contribution in [2.75, 3.05) is 4.90 Å². The number of anilines is 3. The maximum atomic E-state index is 2.52. The van der Waals surface area contributed by atoms with E-state index in [1.807, 2.05) is 22.7 Å². The normalized spacial score (nSPS) is 11.5. The minimum absolute atomic E-state index is 1.11. The van der Waals surface area contributed by atoms with Crippen LogP contribution in [0.3, 0.4) is 0 Å². The van der Waals surface area contributed by atoms with E-state index in [1.165, 1.54) is 96.0 Å². The van der Waals surface area contributed by atoms with Crippen molar-refractivity contribution in [2.24, 2.45) is 0 Å². The number of thiophene rings is 2. The van der Waals surface area contributed by atoms with Crippen molar-refractivity contribution in [1.29, 1.82) is 0 Å². The second-order valence-electron chi connectivity index (χ2n) is 16.1. The first-order valence-corrected chi connectivity index (χ1v) is 23.0. The monoisotopic (exact) mass is 837 g/mol. The first-order valence-electron chi connectivity index (χ1n) is 21.4. The molecule has 63 heavy (non-hydrogen) atoms. The summed E-state index contributed by atoms with van der Waals surface area (Å²) < 4.78 is 5.12. The standard InChI is InChI=1S/C60H39NS2/c1-6-16-40(17-7-1)45-26-29-52-54-39-49(28-33-56(54)62-57(52)37-45)61(50-35-47(42-20-10-3-11-21-42)34-48(36-50)43-22-12-4-13-23-43)55-32-31-51(44-24-14-5-15-25-44)60-59(55)53-30-27-46(38-58(53)63-60)41-18-8-2-9-19-41/h1-39H. The number of fused-ring (bicyclic) bond motifs is 6. The average molecular weight is 838 g/mol. The SMILES string of the molecule is c1ccc(-c2cc(-c3ccccc3)cc(N(c3ccc4sc5cc(-c6ccccc6)ccc5c4c3)c3ccc(-c4ccccc4)c4sc5cc(-c6ccccc6)ccc5c34)c2)cc1. The van der Waals surface area contributed by atoms with Gasteiger partial charge in [-0.25, -0.2) is 0 Å². The third-order valence-corrected chi connectivity index (χ3v) is 14.6. The van der Waals surface area contributed by atoms with E-state index in [-0.39, 0.29) is 0 Å². The van der Waals surface area contributed by atoms with Gasteiger partial charge >= 0.3 is 0 Å². The fraction of sp³-hybridized carbons (Fsp3) is 0. The summed E-state index contributed by atoms with van der Waals surface area (Å²) in [6.45, 7) is 0. The molecule has 0 N–H and O–H groups in total. The lowest BCUT2D eigenvalue weighted by atomic mass is 9.96. The van der Waals surface area contributed by atoms with E-state index in [0.717, 1.165) is 17.1 Å². The quantitative estimate of drug-likeness (QED) is 0.147. The maximum Gasteiger partial charge on any atom is 0.0555 e. The van der Waals surface area contributed by atoms with Crippen molar-refractivity contribution in [3.63, 3.8) is 0 Å². The summed E-state index contributed by atoms with van der Waals surface area (Å²) in [5, 5.41) is 5.05. The van der Waals surface area contributed by atoms with Crippen LogP contribution in [0.2, 0.25) is 0 Å². The first-order chi connectivity index (χ1) is 31.2. The van der Waals surface area contributed by atoms with E-state index in [4.69, 9.17) is 0 Å². The fourth-order valence-corrected chi connectivity index (χ4v) is 11.6. The highest BCUT2D eigenvalue weighted by atomic mass is 32.1. The molecule has 0 fully saturated rings. The van der Waals surface area contributed by atoms with Crippen LogP contribution >= 0.6 is 22.7 Å². The molecule has 0 aliphatic rings. The van der Waals surface area contributed by atoms with Crippen molar-refractivity contribution in [1.82, 2.24) is 0 Å². The third kappa shape index (κ3) is 6.79. The molecule has 3 heteroatoms. The van der Waals surface area contributed by atoms with Crippen molar-refractivity contribution in [3.05, 3.63) is 237 Å². The zero-order valence-electron chi connectivity index (χ0n) is 34.3. The Hall–Kier alpha value is -7.56. The van der Waals surface area contributed by atoms with Gasteiger partial charge in [0.25, 0.3) is 0 Å². The molecule has 0 atom stereocenters. The van der Waals surface area contributed by atoms with Gasteiger partial charge in [-0.15, -0.1) is 22.7 Å². The summed E-state index contributed by atoms with van der Waals surface area (Å²) >= 11 is 3.76. The highest BCUT2D eigenvalue weighted by Crippen LogP contribution is 2.51. The van der Waals surface area contributed by atoms with Gasteiger partial charge in [0.05, 0.1) is 5.69 Å². The van der Waals surface area contributed by atoms with Gasteiger partial charge in [0, 0.05) is 51.7 Å². The van der Waals surface area contributed by atoms with Gasteiger partial charge in [-0.2, -0.15) is 0 Å². The summed E-state index contributed by atoms with van der Waals surface area (Å²) in [5.74, 6) is 0. The Morgan fingerprint density at radius 1 is 0.270 bits per heavy atom. The summed E-state index contributed by atoms with van der Waals surface area (Å²) in [6.07, 6.45) is 0. The van der Waals surface area contributed by atoms with Crippen molar-refractivity contribution in [2.45, 2.75) is 0 Å². The Labute approximate surface area is 375 Å². The van der Waals surface area contributed by atoms with Gasteiger partial charge in [0.2, 0.25) is 0 Å². The molecule has 0 unspecified atom stereocenters. The van der Waals surface area contributed by atoms with E-state index >= 15 is 0 Å². The predicted molar refractivity (Wildman–Crippen MR) is 274 cm³/mol. The smallest absolute Gasteiger partial charge is 0.0555 e. The lowest BCUT2D eigenvalue weighted by Crippen LogP contribution is -2.11. The van der Waals surface area contributed by atoms with Crippen LogP contribution in [-0.4, -0.2) is 0 Å². The second-order valence-corrected chi connectivity index (χ2v) is 18.2. The van der Waals surface area contributed by atoms with Crippen LogP contribution in [0, 0.1) is 0 Å². The molecule has 2 aromatic heterocycles. The van der Waals surface area contributed by atoms with Gasteiger partial charge in [-0.1, -0.05) is 182 Å². The van der Waals surface area contributed by atoms with Crippen LogP contribution in [0.4, 0.5) is 17.1 Å². The van der Waals surface area contributed by atoms with Crippen LogP contribution < -0.4 is 4.90 Å². The molecule has 0 radical (unpaired) electrons. The molecule has 10 aromatic carbocycles. The van der Waals surface area contributed by atoms with E-state index in [9.17, 15) is 0 Å². The molecular weight excluding hydrogens is 799 g/mol.